The molecule has 3 nitrogen and oxygen atoms in total. The molecule has 0 atom stereocenters. The highest BCUT2D eigenvalue weighted by Gasteiger charge is 2.46. The fourth-order valence-corrected chi connectivity index (χ4v) is 11.6. The molecule has 75 heavy (non-hydrogen) atoms. The highest BCUT2D eigenvalue weighted by atomic mass is 15.2. The number of rotatable bonds is 7. The number of benzene rings is 10. The smallest absolute Gasteiger partial charge is 0.333 e. The van der Waals surface area contributed by atoms with Gasteiger partial charge in [-0.2, -0.15) is 0 Å². The van der Waals surface area contributed by atoms with Crippen molar-refractivity contribution in [1.29, 1.82) is 0 Å². The van der Waals surface area contributed by atoms with E-state index in [1.54, 1.807) is 0 Å². The van der Waals surface area contributed by atoms with Gasteiger partial charge in [0.05, 0.1) is 0 Å². The van der Waals surface area contributed by atoms with E-state index < -0.39 is 0 Å². The Morgan fingerprint density at radius 2 is 0.867 bits per heavy atom. The van der Waals surface area contributed by atoms with E-state index in [1.165, 1.54) is 94.4 Å². The van der Waals surface area contributed by atoms with Crippen LogP contribution in [-0.2, 0) is 16.2 Å². The zero-order chi connectivity index (χ0) is 52.0. The van der Waals surface area contributed by atoms with E-state index in [2.05, 4.69) is 302 Å². The first-order chi connectivity index (χ1) is 36.0. The van der Waals surface area contributed by atoms with E-state index in [-0.39, 0.29) is 23.1 Å². The second-order valence-corrected chi connectivity index (χ2v) is 24.0. The van der Waals surface area contributed by atoms with Crippen LogP contribution in [0.5, 0.6) is 0 Å². The zero-order valence-electron chi connectivity index (χ0n) is 45.2. The highest BCUT2D eigenvalue weighted by Crippen LogP contribution is 2.51. The quantitative estimate of drug-likeness (QED) is 0.147. The lowest BCUT2D eigenvalue weighted by Gasteiger charge is -2.46. The summed E-state index contributed by atoms with van der Waals surface area (Å²) >= 11 is 0. The van der Waals surface area contributed by atoms with E-state index in [0.29, 0.717) is 0 Å². The van der Waals surface area contributed by atoms with Gasteiger partial charge in [0, 0.05) is 51.1 Å². The summed E-state index contributed by atoms with van der Waals surface area (Å²) in [5, 5.41) is 2.45. The molecular formula is C71H66BN3. The minimum atomic E-state index is -0.163. The summed E-state index contributed by atoms with van der Waals surface area (Å²) in [4.78, 5) is 7.70. The number of aryl methyl sites for hydroxylation is 1. The molecule has 0 aliphatic carbocycles. The van der Waals surface area contributed by atoms with Gasteiger partial charge in [0.15, 0.2) is 0 Å². The molecular weight excluding hydrogens is 906 g/mol. The summed E-state index contributed by atoms with van der Waals surface area (Å²) in [5.74, 6) is 0. The summed E-state index contributed by atoms with van der Waals surface area (Å²) in [6.45, 7) is 22.8. The predicted molar refractivity (Wildman–Crippen MR) is 324 cm³/mol. The summed E-state index contributed by atoms with van der Waals surface area (Å²) in [6.07, 6.45) is 0. The average Bonchev–Trinajstić information content (AvgIpc) is 3.43. The maximum Gasteiger partial charge on any atom is 0.333 e. The molecule has 0 N–H and O–H groups in total. The fourth-order valence-electron chi connectivity index (χ4n) is 11.6. The molecule has 0 fully saturated rings. The van der Waals surface area contributed by atoms with Crippen LogP contribution in [0.2, 0.25) is 0 Å². The molecule has 12 rings (SSSR count). The van der Waals surface area contributed by atoms with Crippen LogP contribution in [0.1, 0.15) is 84.6 Å². The molecule has 10 aromatic carbocycles. The topological polar surface area (TPSA) is 9.72 Å². The van der Waals surface area contributed by atoms with Crippen LogP contribution in [0.15, 0.2) is 218 Å². The Morgan fingerprint density at radius 3 is 1.41 bits per heavy atom. The van der Waals surface area contributed by atoms with E-state index in [1.807, 2.05) is 0 Å². The van der Waals surface area contributed by atoms with Crippen LogP contribution >= 0.6 is 0 Å². The zero-order valence-corrected chi connectivity index (χ0v) is 45.2. The second-order valence-electron chi connectivity index (χ2n) is 24.0. The van der Waals surface area contributed by atoms with Crippen LogP contribution in [0, 0.1) is 6.92 Å². The molecule has 0 bridgehead atoms. The molecule has 0 aromatic heterocycles. The second kappa shape index (κ2) is 18.1. The molecule has 0 spiro atoms. The monoisotopic (exact) mass is 972 g/mol. The van der Waals surface area contributed by atoms with Crippen molar-refractivity contribution in [2.24, 2.45) is 0 Å². The van der Waals surface area contributed by atoms with Crippen molar-refractivity contribution in [2.45, 2.75) is 85.5 Å². The average molecular weight is 972 g/mol. The first kappa shape index (κ1) is 47.9. The van der Waals surface area contributed by atoms with Gasteiger partial charge in [-0.25, -0.2) is 0 Å². The number of anilines is 8. The van der Waals surface area contributed by atoms with Crippen LogP contribution in [0.25, 0.3) is 44.2 Å². The Balaban J connectivity index is 1.17. The SMILES string of the molecule is Cc1cc(-c2ccccc2)ccc1N1c2cc(N(c3ccc(C(C)(C)C)cc3)c3ccc(C(C)(C)C)cc3)ccc2B2c3c(cc(-c4ccccc4)cc31)-c1cc3ccccc3cc1N2c1ccc(C(C)(C)C)cc1. The third-order valence-electron chi connectivity index (χ3n) is 15.8. The number of hydrogen-bond donors (Lipinski definition) is 0. The number of fused-ring (bicyclic) bond motifs is 5. The third kappa shape index (κ3) is 8.61. The van der Waals surface area contributed by atoms with Gasteiger partial charge in [-0.05, 0) is 180 Å². The Hall–Kier alpha value is -8.08. The van der Waals surface area contributed by atoms with Crippen LogP contribution < -0.4 is 25.5 Å². The Bertz CT molecular complexity index is 3710. The summed E-state index contributed by atoms with van der Waals surface area (Å²) < 4.78 is 0. The fraction of sp³-hybridized carbons (Fsp3) is 0.183. The summed E-state index contributed by atoms with van der Waals surface area (Å²) in [5.41, 5.74) is 24.2. The molecule has 2 heterocycles. The molecule has 0 saturated carbocycles. The molecule has 0 amide bonds. The molecule has 368 valence electrons. The van der Waals surface area contributed by atoms with E-state index in [9.17, 15) is 0 Å². The van der Waals surface area contributed by atoms with Crippen molar-refractivity contribution < 1.29 is 0 Å². The molecule has 4 heteroatoms. The summed E-state index contributed by atoms with van der Waals surface area (Å²) in [7, 11) is 0. The van der Waals surface area contributed by atoms with Crippen molar-refractivity contribution in [3.05, 3.63) is 241 Å². The Morgan fingerprint density at radius 1 is 0.360 bits per heavy atom. The first-order valence-corrected chi connectivity index (χ1v) is 26.8. The van der Waals surface area contributed by atoms with E-state index in [0.717, 1.165) is 28.4 Å². The van der Waals surface area contributed by atoms with Gasteiger partial charge in [-0.1, -0.05) is 196 Å². The van der Waals surface area contributed by atoms with Gasteiger partial charge in [0.2, 0.25) is 0 Å². The van der Waals surface area contributed by atoms with Gasteiger partial charge in [-0.15, -0.1) is 0 Å². The molecule has 0 radical (unpaired) electrons. The maximum absolute atomic E-state index is 2.65. The Labute approximate surface area is 445 Å². The van der Waals surface area contributed by atoms with Crippen LogP contribution in [0.3, 0.4) is 0 Å². The minimum absolute atomic E-state index is 0.0103. The molecule has 0 saturated heterocycles. The van der Waals surface area contributed by atoms with Gasteiger partial charge >= 0.3 is 6.85 Å². The Kier molecular flexibility index (Phi) is 11.6. The normalized spacial score (nSPS) is 13.1. The number of nitrogens with zero attached hydrogens (tertiary/aromatic N) is 3. The van der Waals surface area contributed by atoms with Crippen molar-refractivity contribution in [2.75, 3.05) is 14.6 Å². The van der Waals surface area contributed by atoms with E-state index in [4.69, 9.17) is 0 Å². The lowest BCUT2D eigenvalue weighted by Crippen LogP contribution is -2.61. The summed E-state index contributed by atoms with van der Waals surface area (Å²) in [6, 6.07) is 82.6. The van der Waals surface area contributed by atoms with Crippen molar-refractivity contribution in [1.82, 2.24) is 0 Å². The van der Waals surface area contributed by atoms with Crippen LogP contribution in [-0.4, -0.2) is 6.85 Å². The standard InChI is InChI=1S/C71H66BN3/c1-47-41-52(48-19-13-11-14-20-48)25-40-64(47)74-66-46-60(73(57-32-26-54(27-33-57)69(2,3)4)58-34-28-55(29-35-58)70(5,6)7)38-39-63(66)72-68-62(43-53(45-67(68)74)49-21-15-12-16-22-49)61-42-50-23-17-18-24-51(50)44-65(61)75(72)59-36-30-56(31-37-59)71(8,9)10/h11-46H,1-10H3. The molecule has 2 aliphatic rings. The van der Waals surface area contributed by atoms with Crippen molar-refractivity contribution >= 4 is 74.0 Å². The maximum atomic E-state index is 2.65. The van der Waals surface area contributed by atoms with Gasteiger partial charge in [-0.3, -0.25) is 0 Å². The number of hydrogen-bond acceptors (Lipinski definition) is 3. The van der Waals surface area contributed by atoms with Crippen molar-refractivity contribution in [3.8, 4) is 33.4 Å². The van der Waals surface area contributed by atoms with Gasteiger partial charge in [0.25, 0.3) is 0 Å². The highest BCUT2D eigenvalue weighted by molar-refractivity contribution is 6.93. The minimum Gasteiger partial charge on any atom is -0.376 e. The molecule has 0 unspecified atom stereocenters. The van der Waals surface area contributed by atoms with E-state index >= 15 is 0 Å². The van der Waals surface area contributed by atoms with Gasteiger partial charge in [0.1, 0.15) is 0 Å². The van der Waals surface area contributed by atoms with Crippen molar-refractivity contribution in [3.63, 3.8) is 0 Å². The largest absolute Gasteiger partial charge is 0.376 e. The third-order valence-corrected chi connectivity index (χ3v) is 15.8. The predicted octanol–water partition coefficient (Wildman–Crippen LogP) is 18.6. The molecule has 10 aromatic rings. The molecule has 2 aliphatic heterocycles. The van der Waals surface area contributed by atoms with Gasteiger partial charge < -0.3 is 14.6 Å². The lowest BCUT2D eigenvalue weighted by atomic mass is 9.43. The lowest BCUT2D eigenvalue weighted by molar-refractivity contribution is 0.590. The first-order valence-electron chi connectivity index (χ1n) is 26.8. The van der Waals surface area contributed by atoms with Crippen LogP contribution in [0.4, 0.5) is 45.5 Å².